The van der Waals surface area contributed by atoms with Gasteiger partial charge in [0.25, 0.3) is 0 Å². The number of hydrogen-bond donors (Lipinski definition) is 5. The molecule has 5 N–H and O–H groups in total. The highest BCUT2D eigenvalue weighted by atomic mass is 79.9. The molecule has 1 aliphatic heterocycles. The van der Waals surface area contributed by atoms with Crippen LogP contribution in [0.3, 0.4) is 0 Å². The van der Waals surface area contributed by atoms with Crippen molar-refractivity contribution in [2.75, 3.05) is 6.61 Å². The van der Waals surface area contributed by atoms with Gasteiger partial charge in [-0.05, 0) is 22.4 Å². The van der Waals surface area contributed by atoms with Crippen molar-refractivity contribution in [2.45, 2.75) is 54.8 Å². The standard InChI is InChI=1S/C10H19BrO6/c1-2-3-4-9(15)7(13)8(14)10(11,16)6(5-12)17-9/h6-8,12-16H,2-5H2,1H3/t6-,7-,8-,9?,10+/m1/s1. The average Bonchev–Trinajstić information content (AvgIpc) is 2.29. The summed E-state index contributed by atoms with van der Waals surface area (Å²) in [6, 6.07) is 0. The third-order valence-electron chi connectivity index (χ3n) is 3.03. The summed E-state index contributed by atoms with van der Waals surface area (Å²) in [5.74, 6) is -1.96. The molecule has 5 atom stereocenters. The molecule has 17 heavy (non-hydrogen) atoms. The minimum Gasteiger partial charge on any atom is -0.394 e. The zero-order valence-electron chi connectivity index (χ0n) is 9.58. The van der Waals surface area contributed by atoms with Crippen LogP contribution in [0.2, 0.25) is 0 Å². The zero-order chi connectivity index (χ0) is 13.3. The van der Waals surface area contributed by atoms with Crippen molar-refractivity contribution < 1.29 is 30.3 Å². The summed E-state index contributed by atoms with van der Waals surface area (Å²) >= 11 is 2.79. The Morgan fingerprint density at radius 3 is 2.29 bits per heavy atom. The van der Waals surface area contributed by atoms with E-state index in [4.69, 9.17) is 9.84 Å². The molecule has 0 amide bonds. The monoisotopic (exact) mass is 314 g/mol. The largest absolute Gasteiger partial charge is 0.394 e. The lowest BCUT2D eigenvalue weighted by Crippen LogP contribution is -2.69. The first kappa shape index (κ1) is 15.3. The maximum absolute atomic E-state index is 10.1. The van der Waals surface area contributed by atoms with Crippen molar-refractivity contribution in [3.63, 3.8) is 0 Å². The Morgan fingerprint density at radius 1 is 1.24 bits per heavy atom. The lowest BCUT2D eigenvalue weighted by Gasteiger charge is -2.49. The predicted molar refractivity (Wildman–Crippen MR) is 62.3 cm³/mol. The van der Waals surface area contributed by atoms with E-state index in [-0.39, 0.29) is 6.42 Å². The van der Waals surface area contributed by atoms with Gasteiger partial charge in [0, 0.05) is 6.42 Å². The molecule has 1 aliphatic rings. The van der Waals surface area contributed by atoms with E-state index in [0.717, 1.165) is 6.42 Å². The molecule has 0 saturated carbocycles. The highest BCUT2D eigenvalue weighted by molar-refractivity contribution is 9.10. The molecule has 7 heteroatoms. The topological polar surface area (TPSA) is 110 Å². The van der Waals surface area contributed by atoms with E-state index in [9.17, 15) is 20.4 Å². The van der Waals surface area contributed by atoms with Crippen LogP contribution in [0.4, 0.5) is 0 Å². The van der Waals surface area contributed by atoms with Gasteiger partial charge in [0.2, 0.25) is 0 Å². The molecule has 1 heterocycles. The average molecular weight is 315 g/mol. The molecule has 1 fully saturated rings. The van der Waals surface area contributed by atoms with Crippen LogP contribution in [0.5, 0.6) is 0 Å². The van der Waals surface area contributed by atoms with E-state index in [1.165, 1.54) is 0 Å². The first-order chi connectivity index (χ1) is 7.79. The molecule has 102 valence electrons. The van der Waals surface area contributed by atoms with Gasteiger partial charge in [-0.15, -0.1) is 0 Å². The first-order valence-corrected chi connectivity index (χ1v) is 6.37. The fourth-order valence-corrected chi connectivity index (χ4v) is 2.35. The van der Waals surface area contributed by atoms with Gasteiger partial charge in [0.1, 0.15) is 18.3 Å². The van der Waals surface area contributed by atoms with Crippen molar-refractivity contribution in [1.82, 2.24) is 0 Å². The maximum atomic E-state index is 10.1. The lowest BCUT2D eigenvalue weighted by molar-refractivity contribution is -0.357. The highest BCUT2D eigenvalue weighted by Gasteiger charge is 2.58. The van der Waals surface area contributed by atoms with E-state index in [2.05, 4.69) is 15.9 Å². The van der Waals surface area contributed by atoms with Crippen LogP contribution in [0.25, 0.3) is 0 Å². The molecule has 6 nitrogen and oxygen atoms in total. The summed E-state index contributed by atoms with van der Waals surface area (Å²) in [6.07, 6.45) is -3.06. The van der Waals surface area contributed by atoms with E-state index in [1.807, 2.05) is 6.92 Å². The van der Waals surface area contributed by atoms with E-state index < -0.39 is 35.2 Å². The molecule has 0 aliphatic carbocycles. The zero-order valence-corrected chi connectivity index (χ0v) is 11.2. The minimum atomic E-state index is -1.99. The van der Waals surface area contributed by atoms with Gasteiger partial charge in [-0.1, -0.05) is 13.3 Å². The van der Waals surface area contributed by atoms with Gasteiger partial charge in [0.05, 0.1) is 6.61 Å². The first-order valence-electron chi connectivity index (χ1n) is 5.58. The Labute approximate surface area is 108 Å². The van der Waals surface area contributed by atoms with E-state index >= 15 is 0 Å². The van der Waals surface area contributed by atoms with Crippen LogP contribution < -0.4 is 0 Å². The summed E-state index contributed by atoms with van der Waals surface area (Å²) in [6.45, 7) is 1.30. The quantitative estimate of drug-likeness (QED) is 0.428. The second-order valence-corrected chi connectivity index (χ2v) is 5.63. The van der Waals surface area contributed by atoms with E-state index in [1.54, 1.807) is 0 Å². The number of hydrogen-bond acceptors (Lipinski definition) is 6. The van der Waals surface area contributed by atoms with Gasteiger partial charge < -0.3 is 30.3 Å². The highest BCUT2D eigenvalue weighted by Crippen LogP contribution is 2.40. The molecule has 0 aromatic heterocycles. The van der Waals surface area contributed by atoms with Crippen LogP contribution in [0, 0.1) is 0 Å². The summed E-state index contributed by atoms with van der Waals surface area (Å²) in [5.41, 5.74) is 0. The molecule has 0 bridgehead atoms. The number of halogens is 1. The number of alkyl halides is 1. The molecular formula is C10H19BrO6. The van der Waals surface area contributed by atoms with Gasteiger partial charge in [-0.3, -0.25) is 0 Å². The second kappa shape index (κ2) is 5.48. The van der Waals surface area contributed by atoms with Crippen LogP contribution in [0.1, 0.15) is 26.2 Å². The smallest absolute Gasteiger partial charge is 0.195 e. The van der Waals surface area contributed by atoms with Crippen molar-refractivity contribution in [3.8, 4) is 0 Å². The van der Waals surface area contributed by atoms with Crippen molar-refractivity contribution in [2.24, 2.45) is 0 Å². The third kappa shape index (κ3) is 2.81. The Kier molecular flexibility index (Phi) is 4.93. The molecule has 0 aromatic carbocycles. The minimum absolute atomic E-state index is 0.112. The lowest BCUT2D eigenvalue weighted by atomic mass is 9.89. The van der Waals surface area contributed by atoms with E-state index in [0.29, 0.717) is 6.42 Å². The molecule has 0 spiro atoms. The van der Waals surface area contributed by atoms with Crippen LogP contribution >= 0.6 is 15.9 Å². The Bertz CT molecular complexity index is 257. The van der Waals surface area contributed by atoms with Crippen molar-refractivity contribution >= 4 is 15.9 Å². The number of unbranched alkanes of at least 4 members (excludes halogenated alkanes) is 1. The van der Waals surface area contributed by atoms with Gasteiger partial charge in [0.15, 0.2) is 10.3 Å². The Morgan fingerprint density at radius 2 is 1.82 bits per heavy atom. The number of ether oxygens (including phenoxy) is 1. The molecular weight excluding hydrogens is 296 g/mol. The normalized spacial score (nSPS) is 47.1. The number of aliphatic hydroxyl groups excluding tert-OH is 3. The van der Waals surface area contributed by atoms with Crippen molar-refractivity contribution in [1.29, 1.82) is 0 Å². The van der Waals surface area contributed by atoms with Crippen LogP contribution in [-0.2, 0) is 4.74 Å². The number of aliphatic hydroxyl groups is 5. The molecule has 0 radical (unpaired) electrons. The molecule has 0 aromatic rings. The molecule has 1 unspecified atom stereocenters. The second-order valence-electron chi connectivity index (χ2n) is 4.35. The van der Waals surface area contributed by atoms with Gasteiger partial charge in [-0.25, -0.2) is 0 Å². The SMILES string of the molecule is CCCCC1(O)O[C@H](CO)[C@@](O)(Br)[C@H](O)[C@H]1O. The van der Waals surface area contributed by atoms with Crippen LogP contribution in [-0.4, -0.2) is 60.7 Å². The van der Waals surface area contributed by atoms with Crippen molar-refractivity contribution in [3.05, 3.63) is 0 Å². The molecule has 1 saturated heterocycles. The van der Waals surface area contributed by atoms with Gasteiger partial charge >= 0.3 is 0 Å². The summed E-state index contributed by atoms with van der Waals surface area (Å²) in [5, 5.41) is 48.5. The summed E-state index contributed by atoms with van der Waals surface area (Å²) in [7, 11) is 0. The Balaban J connectivity index is 2.89. The number of rotatable bonds is 4. The maximum Gasteiger partial charge on any atom is 0.195 e. The summed E-state index contributed by atoms with van der Waals surface area (Å²) in [4.78, 5) is 0. The third-order valence-corrected chi connectivity index (χ3v) is 4.01. The van der Waals surface area contributed by atoms with Crippen LogP contribution in [0.15, 0.2) is 0 Å². The van der Waals surface area contributed by atoms with Gasteiger partial charge in [-0.2, -0.15) is 0 Å². The summed E-state index contributed by atoms with van der Waals surface area (Å²) < 4.78 is 3.14. The fourth-order valence-electron chi connectivity index (χ4n) is 1.86. The molecule has 1 rings (SSSR count). The Hall–Kier alpha value is 0.240. The predicted octanol–water partition coefficient (Wildman–Crippen LogP) is -0.938. The fraction of sp³-hybridized carbons (Fsp3) is 1.00.